The lowest BCUT2D eigenvalue weighted by Gasteiger charge is -2.33. The third-order valence-electron chi connectivity index (χ3n) is 3.00. The summed E-state index contributed by atoms with van der Waals surface area (Å²) in [4.78, 5) is 0. The molecule has 2 N–H and O–H groups in total. The van der Waals surface area contributed by atoms with Crippen LogP contribution in [-0.2, 0) is 4.74 Å². The Morgan fingerprint density at radius 2 is 1.85 bits per heavy atom. The van der Waals surface area contributed by atoms with E-state index in [-0.39, 0.29) is 5.60 Å². The van der Waals surface area contributed by atoms with Crippen molar-refractivity contribution in [1.29, 1.82) is 0 Å². The molecule has 0 radical (unpaired) electrons. The van der Waals surface area contributed by atoms with E-state index >= 15 is 0 Å². The highest BCUT2D eigenvalue weighted by Gasteiger charge is 2.28. The molecule has 3 nitrogen and oxygen atoms in total. The Kier molecular flexibility index (Phi) is 4.16. The summed E-state index contributed by atoms with van der Waals surface area (Å²) in [5.41, 5.74) is 0.0182. The van der Waals surface area contributed by atoms with Crippen molar-refractivity contribution in [2.45, 2.75) is 32.8 Å². The fourth-order valence-corrected chi connectivity index (χ4v) is 1.45. The van der Waals surface area contributed by atoms with E-state index in [1.165, 1.54) is 0 Å². The van der Waals surface area contributed by atoms with Crippen LogP contribution in [0.5, 0.6) is 0 Å². The van der Waals surface area contributed by atoms with Crippen molar-refractivity contribution < 1.29 is 4.74 Å². The Labute approximate surface area is 81.2 Å². The van der Waals surface area contributed by atoms with Crippen molar-refractivity contribution in [2.24, 2.45) is 5.92 Å². The number of hydrogen-bond donors (Lipinski definition) is 2. The normalized spacial score (nSPS) is 32.3. The molecular formula is C10H22N2O. The predicted molar refractivity (Wildman–Crippen MR) is 54.7 cm³/mol. The summed E-state index contributed by atoms with van der Waals surface area (Å²) in [7, 11) is 0. The summed E-state index contributed by atoms with van der Waals surface area (Å²) in [5.74, 6) is 0.564. The van der Waals surface area contributed by atoms with Gasteiger partial charge in [0.15, 0.2) is 0 Å². The predicted octanol–water partition coefficient (Wildman–Crippen LogP) is 0.958. The van der Waals surface area contributed by atoms with Gasteiger partial charge in [0.05, 0.1) is 12.3 Å². The van der Waals surface area contributed by atoms with Crippen LogP contribution in [0.1, 0.15) is 27.2 Å². The molecule has 0 aromatic heterocycles. The summed E-state index contributed by atoms with van der Waals surface area (Å²) in [6.07, 6.45) is 1.09. The van der Waals surface area contributed by atoms with Gasteiger partial charge in [-0.15, -0.1) is 0 Å². The number of nitrogens with one attached hydrogen (secondary N) is 2. The summed E-state index contributed by atoms with van der Waals surface area (Å²) in [5, 5.41) is 6.65. The number of hydrogen-bond acceptors (Lipinski definition) is 3. The zero-order valence-corrected chi connectivity index (χ0v) is 9.02. The molecule has 1 heterocycles. The van der Waals surface area contributed by atoms with Gasteiger partial charge in [-0.05, 0) is 25.8 Å². The van der Waals surface area contributed by atoms with Crippen molar-refractivity contribution in [1.82, 2.24) is 10.6 Å². The molecule has 1 atom stereocenters. The van der Waals surface area contributed by atoms with Crippen LogP contribution in [0.25, 0.3) is 0 Å². The molecular weight excluding hydrogens is 164 g/mol. The minimum Gasteiger partial charge on any atom is -0.360 e. The summed E-state index contributed by atoms with van der Waals surface area (Å²) in [6.45, 7) is 10.4. The molecule has 3 heteroatoms. The molecule has 0 aromatic carbocycles. The second-order valence-corrected chi connectivity index (χ2v) is 4.26. The van der Waals surface area contributed by atoms with Crippen LogP contribution >= 0.6 is 0 Å². The van der Waals surface area contributed by atoms with E-state index in [0.717, 1.165) is 26.1 Å². The maximum Gasteiger partial charge on any atom is 0.0973 e. The highest BCUT2D eigenvalue weighted by molar-refractivity contribution is 4.80. The van der Waals surface area contributed by atoms with Crippen LogP contribution < -0.4 is 10.6 Å². The average molecular weight is 186 g/mol. The van der Waals surface area contributed by atoms with Crippen molar-refractivity contribution in [3.63, 3.8) is 0 Å². The third kappa shape index (κ3) is 3.25. The number of rotatable bonds is 1. The van der Waals surface area contributed by atoms with Crippen LogP contribution in [-0.4, -0.2) is 32.0 Å². The molecule has 1 aliphatic rings. The van der Waals surface area contributed by atoms with Crippen molar-refractivity contribution in [3.8, 4) is 0 Å². The Morgan fingerprint density at radius 3 is 2.54 bits per heavy atom. The first-order chi connectivity index (χ1) is 6.15. The fourth-order valence-electron chi connectivity index (χ4n) is 1.45. The summed E-state index contributed by atoms with van der Waals surface area (Å²) in [6, 6.07) is 0. The minimum atomic E-state index is 0.0182. The lowest BCUT2D eigenvalue weighted by molar-refractivity contribution is -0.0742. The van der Waals surface area contributed by atoms with Gasteiger partial charge in [-0.25, -0.2) is 0 Å². The second kappa shape index (κ2) is 4.94. The fraction of sp³-hybridized carbons (Fsp3) is 1.00. The first-order valence-electron chi connectivity index (χ1n) is 5.20. The smallest absolute Gasteiger partial charge is 0.0973 e. The second-order valence-electron chi connectivity index (χ2n) is 4.26. The maximum atomic E-state index is 5.86. The quantitative estimate of drug-likeness (QED) is 0.640. The van der Waals surface area contributed by atoms with E-state index < -0.39 is 0 Å². The van der Waals surface area contributed by atoms with Crippen LogP contribution in [0.3, 0.4) is 0 Å². The van der Waals surface area contributed by atoms with Crippen LogP contribution in [0.15, 0.2) is 0 Å². The van der Waals surface area contributed by atoms with Crippen LogP contribution in [0, 0.1) is 5.92 Å². The zero-order chi connectivity index (χ0) is 9.73. The van der Waals surface area contributed by atoms with Crippen molar-refractivity contribution in [2.75, 3.05) is 26.4 Å². The minimum absolute atomic E-state index is 0.0182. The highest BCUT2D eigenvalue weighted by atomic mass is 16.5. The van der Waals surface area contributed by atoms with E-state index in [4.69, 9.17) is 4.74 Å². The SMILES string of the molecule is CC(C)[C@]1(C)CCNCCNCO1. The van der Waals surface area contributed by atoms with E-state index in [9.17, 15) is 0 Å². The lowest BCUT2D eigenvalue weighted by Crippen LogP contribution is -2.38. The van der Waals surface area contributed by atoms with E-state index in [1.54, 1.807) is 0 Å². The average Bonchev–Trinajstić information content (AvgIpc) is 2.18. The largest absolute Gasteiger partial charge is 0.360 e. The monoisotopic (exact) mass is 186 g/mol. The maximum absolute atomic E-state index is 5.86. The molecule has 1 fully saturated rings. The van der Waals surface area contributed by atoms with Crippen molar-refractivity contribution >= 4 is 0 Å². The van der Waals surface area contributed by atoms with Gasteiger partial charge >= 0.3 is 0 Å². The third-order valence-corrected chi connectivity index (χ3v) is 3.00. The molecule has 13 heavy (non-hydrogen) atoms. The van der Waals surface area contributed by atoms with Gasteiger partial charge in [-0.3, -0.25) is 5.32 Å². The molecule has 0 unspecified atom stereocenters. The van der Waals surface area contributed by atoms with Gasteiger partial charge in [-0.2, -0.15) is 0 Å². The van der Waals surface area contributed by atoms with Crippen LogP contribution in [0.2, 0.25) is 0 Å². The standard InChI is InChI=1S/C10H22N2O/c1-9(2)10(3)4-5-11-6-7-12-8-13-10/h9,11-12H,4-8H2,1-3H3/t10-/m0/s1. The Balaban J connectivity index is 2.49. The molecule has 0 bridgehead atoms. The first-order valence-corrected chi connectivity index (χ1v) is 5.20. The van der Waals surface area contributed by atoms with Gasteiger partial charge in [0.1, 0.15) is 0 Å². The van der Waals surface area contributed by atoms with E-state index in [1.807, 2.05) is 0 Å². The Morgan fingerprint density at radius 1 is 1.15 bits per heavy atom. The molecule has 0 amide bonds. The molecule has 1 aliphatic heterocycles. The molecule has 1 saturated heterocycles. The molecule has 1 rings (SSSR count). The lowest BCUT2D eigenvalue weighted by atomic mass is 9.89. The summed E-state index contributed by atoms with van der Waals surface area (Å²) >= 11 is 0. The van der Waals surface area contributed by atoms with Gasteiger partial charge in [0.25, 0.3) is 0 Å². The molecule has 0 spiro atoms. The Bertz CT molecular complexity index is 138. The molecule has 0 aliphatic carbocycles. The highest BCUT2D eigenvalue weighted by Crippen LogP contribution is 2.24. The van der Waals surface area contributed by atoms with E-state index in [0.29, 0.717) is 12.6 Å². The van der Waals surface area contributed by atoms with E-state index in [2.05, 4.69) is 31.4 Å². The molecule has 0 aromatic rings. The van der Waals surface area contributed by atoms with Gasteiger partial charge in [0, 0.05) is 13.1 Å². The molecule has 78 valence electrons. The van der Waals surface area contributed by atoms with Gasteiger partial charge in [0.2, 0.25) is 0 Å². The zero-order valence-electron chi connectivity index (χ0n) is 9.02. The van der Waals surface area contributed by atoms with Crippen LogP contribution in [0.4, 0.5) is 0 Å². The summed E-state index contributed by atoms with van der Waals surface area (Å²) < 4.78 is 5.86. The topological polar surface area (TPSA) is 33.3 Å². The van der Waals surface area contributed by atoms with Crippen molar-refractivity contribution in [3.05, 3.63) is 0 Å². The number of ether oxygens (including phenoxy) is 1. The van der Waals surface area contributed by atoms with Gasteiger partial charge < -0.3 is 10.1 Å². The first kappa shape index (κ1) is 11.0. The Hall–Kier alpha value is -0.120. The molecule has 0 saturated carbocycles. The van der Waals surface area contributed by atoms with Gasteiger partial charge in [-0.1, -0.05) is 13.8 Å².